The lowest BCUT2D eigenvalue weighted by Crippen LogP contribution is -1.99. The molecule has 0 aliphatic carbocycles. The number of hydrogen-bond acceptors (Lipinski definition) is 2. The molecule has 0 aliphatic rings. The second-order valence-corrected chi connectivity index (χ2v) is 3.70. The largest absolute Gasteiger partial charge is 0.239 e. The minimum Gasteiger partial charge on any atom is -0.239 e. The van der Waals surface area contributed by atoms with E-state index in [1.807, 2.05) is 6.07 Å². The fourth-order valence-electron chi connectivity index (χ4n) is 1.40. The van der Waals surface area contributed by atoms with Crippen molar-refractivity contribution in [2.24, 2.45) is 0 Å². The molecule has 0 unspecified atom stereocenters. The van der Waals surface area contributed by atoms with Crippen molar-refractivity contribution in [1.82, 2.24) is 9.78 Å². The Morgan fingerprint density at radius 2 is 2.25 bits per heavy atom. The summed E-state index contributed by atoms with van der Waals surface area (Å²) in [6.45, 7) is 1.62. The summed E-state index contributed by atoms with van der Waals surface area (Å²) in [5.41, 5.74) is 1.40. The monoisotopic (exact) mass is 235 g/mol. The van der Waals surface area contributed by atoms with E-state index in [-0.39, 0.29) is 5.02 Å². The van der Waals surface area contributed by atoms with E-state index in [0.717, 1.165) is 0 Å². The van der Waals surface area contributed by atoms with Gasteiger partial charge >= 0.3 is 0 Å². The normalized spacial score (nSPS) is 10.1. The van der Waals surface area contributed by atoms with Crippen molar-refractivity contribution >= 4 is 11.6 Å². The molecule has 0 spiro atoms. The Morgan fingerprint density at radius 3 is 2.88 bits per heavy atom. The van der Waals surface area contributed by atoms with Gasteiger partial charge in [0.1, 0.15) is 11.9 Å². The molecule has 0 bridgehead atoms. The standard InChI is InChI=1S/C11H7ClFN3/c1-7-10(3-2-9(12)11(7)13)16-6-8(4-14)5-15-16/h2-3,5-6H,1H3. The average molecular weight is 236 g/mol. The van der Waals surface area contributed by atoms with E-state index in [0.29, 0.717) is 16.8 Å². The van der Waals surface area contributed by atoms with Crippen LogP contribution in [0.5, 0.6) is 0 Å². The van der Waals surface area contributed by atoms with E-state index >= 15 is 0 Å². The summed E-state index contributed by atoms with van der Waals surface area (Å²) < 4.78 is 15.0. The molecule has 0 radical (unpaired) electrons. The van der Waals surface area contributed by atoms with Gasteiger partial charge in [0.2, 0.25) is 0 Å². The molecule has 1 heterocycles. The number of nitriles is 1. The maximum atomic E-state index is 13.5. The van der Waals surface area contributed by atoms with Crippen molar-refractivity contribution in [2.45, 2.75) is 6.92 Å². The number of hydrogen-bond donors (Lipinski definition) is 0. The smallest absolute Gasteiger partial charge is 0.146 e. The SMILES string of the molecule is Cc1c(-n2cc(C#N)cn2)ccc(Cl)c1F. The average Bonchev–Trinajstić information content (AvgIpc) is 2.74. The highest BCUT2D eigenvalue weighted by Gasteiger charge is 2.10. The molecule has 16 heavy (non-hydrogen) atoms. The Balaban J connectivity index is 2.57. The van der Waals surface area contributed by atoms with Crippen LogP contribution in [0.25, 0.3) is 5.69 Å². The third-order valence-electron chi connectivity index (χ3n) is 2.27. The van der Waals surface area contributed by atoms with E-state index in [2.05, 4.69) is 5.10 Å². The van der Waals surface area contributed by atoms with Crippen LogP contribution in [0.1, 0.15) is 11.1 Å². The van der Waals surface area contributed by atoms with Crippen molar-refractivity contribution in [1.29, 1.82) is 5.26 Å². The molecule has 0 amide bonds. The van der Waals surface area contributed by atoms with E-state index in [1.165, 1.54) is 23.1 Å². The van der Waals surface area contributed by atoms with Crippen molar-refractivity contribution in [2.75, 3.05) is 0 Å². The van der Waals surface area contributed by atoms with Crippen LogP contribution in [-0.2, 0) is 0 Å². The molecule has 0 N–H and O–H groups in total. The zero-order valence-electron chi connectivity index (χ0n) is 8.41. The van der Waals surface area contributed by atoms with Gasteiger partial charge in [0.15, 0.2) is 0 Å². The van der Waals surface area contributed by atoms with Crippen LogP contribution < -0.4 is 0 Å². The first-order chi connectivity index (χ1) is 7.63. The predicted octanol–water partition coefficient (Wildman–Crippen LogP) is 2.84. The maximum Gasteiger partial charge on any atom is 0.146 e. The molecule has 3 nitrogen and oxygen atoms in total. The quantitative estimate of drug-likeness (QED) is 0.763. The molecule has 0 aliphatic heterocycles. The first-order valence-corrected chi connectivity index (χ1v) is 4.91. The van der Waals surface area contributed by atoms with E-state index < -0.39 is 5.82 Å². The molecule has 2 rings (SSSR count). The van der Waals surface area contributed by atoms with Crippen LogP contribution in [0.2, 0.25) is 5.02 Å². The second kappa shape index (κ2) is 3.95. The van der Waals surface area contributed by atoms with Crippen LogP contribution in [0.15, 0.2) is 24.5 Å². The van der Waals surface area contributed by atoms with E-state index in [1.54, 1.807) is 13.0 Å². The molecule has 80 valence electrons. The number of halogens is 2. The lowest BCUT2D eigenvalue weighted by Gasteiger charge is -2.07. The Bertz CT molecular complexity index is 583. The van der Waals surface area contributed by atoms with Gasteiger partial charge < -0.3 is 0 Å². The molecule has 0 atom stereocenters. The summed E-state index contributed by atoms with van der Waals surface area (Å²) in [6, 6.07) is 5.09. The highest BCUT2D eigenvalue weighted by Crippen LogP contribution is 2.23. The van der Waals surface area contributed by atoms with Crippen molar-refractivity contribution in [3.8, 4) is 11.8 Å². The molecule has 0 saturated heterocycles. The Morgan fingerprint density at radius 1 is 1.50 bits per heavy atom. The van der Waals surface area contributed by atoms with Gasteiger partial charge in [0.05, 0.1) is 22.5 Å². The van der Waals surface area contributed by atoms with Gasteiger partial charge in [-0.15, -0.1) is 0 Å². The molecule has 0 saturated carbocycles. The van der Waals surface area contributed by atoms with Gasteiger partial charge in [-0.3, -0.25) is 0 Å². The zero-order chi connectivity index (χ0) is 11.7. The number of rotatable bonds is 1. The zero-order valence-corrected chi connectivity index (χ0v) is 9.16. The summed E-state index contributed by atoms with van der Waals surface area (Å²) in [6.07, 6.45) is 2.96. The first kappa shape index (κ1) is 10.7. The lowest BCUT2D eigenvalue weighted by molar-refractivity contribution is 0.616. The number of benzene rings is 1. The Kier molecular flexibility index (Phi) is 2.63. The van der Waals surface area contributed by atoms with Crippen LogP contribution in [0, 0.1) is 24.1 Å². The fourth-order valence-corrected chi connectivity index (χ4v) is 1.61. The van der Waals surface area contributed by atoms with Crippen molar-refractivity contribution in [3.05, 3.63) is 46.5 Å². The molecule has 0 fully saturated rings. The predicted molar refractivity (Wildman–Crippen MR) is 58.0 cm³/mol. The van der Waals surface area contributed by atoms with Crippen LogP contribution >= 0.6 is 11.6 Å². The molecular weight excluding hydrogens is 229 g/mol. The minimum atomic E-state index is -0.465. The van der Waals surface area contributed by atoms with Gasteiger partial charge in [0, 0.05) is 11.8 Å². The van der Waals surface area contributed by atoms with E-state index in [9.17, 15) is 4.39 Å². The van der Waals surface area contributed by atoms with Gasteiger partial charge in [-0.05, 0) is 19.1 Å². The van der Waals surface area contributed by atoms with Gasteiger partial charge in [-0.25, -0.2) is 9.07 Å². The highest BCUT2D eigenvalue weighted by atomic mass is 35.5. The maximum absolute atomic E-state index is 13.5. The molecular formula is C11H7ClFN3. The summed E-state index contributed by atoms with van der Waals surface area (Å²) in [5, 5.41) is 12.7. The number of aromatic nitrogens is 2. The van der Waals surface area contributed by atoms with Crippen molar-refractivity contribution < 1.29 is 4.39 Å². The lowest BCUT2D eigenvalue weighted by atomic mass is 10.2. The molecule has 5 heteroatoms. The highest BCUT2D eigenvalue weighted by molar-refractivity contribution is 6.30. The van der Waals surface area contributed by atoms with Gasteiger partial charge in [0.25, 0.3) is 0 Å². The Hall–Kier alpha value is -1.86. The summed E-state index contributed by atoms with van der Waals surface area (Å²) in [4.78, 5) is 0. The van der Waals surface area contributed by atoms with Gasteiger partial charge in [-0.2, -0.15) is 10.4 Å². The Labute approximate surface area is 96.7 Å². The topological polar surface area (TPSA) is 41.6 Å². The second-order valence-electron chi connectivity index (χ2n) is 3.29. The minimum absolute atomic E-state index is 0.0777. The molecule has 1 aromatic carbocycles. The van der Waals surface area contributed by atoms with Crippen LogP contribution in [-0.4, -0.2) is 9.78 Å². The summed E-state index contributed by atoms with van der Waals surface area (Å²) in [7, 11) is 0. The van der Waals surface area contributed by atoms with Gasteiger partial charge in [-0.1, -0.05) is 11.6 Å². The van der Waals surface area contributed by atoms with Crippen LogP contribution in [0.3, 0.4) is 0 Å². The van der Waals surface area contributed by atoms with Crippen molar-refractivity contribution in [3.63, 3.8) is 0 Å². The summed E-state index contributed by atoms with van der Waals surface area (Å²) >= 11 is 5.65. The third kappa shape index (κ3) is 1.66. The van der Waals surface area contributed by atoms with E-state index in [4.69, 9.17) is 16.9 Å². The third-order valence-corrected chi connectivity index (χ3v) is 2.56. The fraction of sp³-hybridized carbons (Fsp3) is 0.0909. The van der Waals surface area contributed by atoms with Crippen LogP contribution in [0.4, 0.5) is 4.39 Å². The molecule has 1 aromatic heterocycles. The number of nitrogens with zero attached hydrogens (tertiary/aromatic N) is 3. The molecule has 2 aromatic rings. The summed E-state index contributed by atoms with van der Waals surface area (Å²) in [5.74, 6) is -0.465. The first-order valence-electron chi connectivity index (χ1n) is 4.53.